The number of anilines is 1. The second-order valence-electron chi connectivity index (χ2n) is 7.34. The standard InChI is InChI=1S/C22H21N5O2/c1-2-10-26-14-23-18-11-15(8-9-19(18)26)21-24-22(29-25-21)16-12-20(28)27(13-16)17-6-4-3-5-7-17/h3-9,11,14,16H,2,10,12-13H2,1H3/t16-/m1/s1. The SMILES string of the molecule is CCCn1cnc2cc(-c3noc([C@@H]4CC(=O)N(c5ccccc5)C4)n3)ccc21. The van der Waals surface area contributed by atoms with Crippen LogP contribution < -0.4 is 4.90 Å². The van der Waals surface area contributed by atoms with E-state index in [0.29, 0.717) is 24.7 Å². The van der Waals surface area contributed by atoms with Gasteiger partial charge in [0, 0.05) is 30.8 Å². The number of aryl methyl sites for hydroxylation is 1. The summed E-state index contributed by atoms with van der Waals surface area (Å²) in [6.45, 7) is 3.63. The summed E-state index contributed by atoms with van der Waals surface area (Å²) in [5.41, 5.74) is 3.76. The molecule has 7 nitrogen and oxygen atoms in total. The van der Waals surface area contributed by atoms with Crippen LogP contribution in [-0.4, -0.2) is 32.1 Å². The van der Waals surface area contributed by atoms with E-state index in [2.05, 4.69) is 26.6 Å². The maximum atomic E-state index is 12.5. The molecule has 0 unspecified atom stereocenters. The Morgan fingerprint density at radius 1 is 1.17 bits per heavy atom. The number of amides is 1. The number of hydrogen-bond acceptors (Lipinski definition) is 5. The molecule has 7 heteroatoms. The summed E-state index contributed by atoms with van der Waals surface area (Å²) in [4.78, 5) is 23.3. The summed E-state index contributed by atoms with van der Waals surface area (Å²) in [5, 5.41) is 4.15. The fraction of sp³-hybridized carbons (Fsp3) is 0.273. The van der Waals surface area contributed by atoms with Gasteiger partial charge < -0.3 is 14.0 Å². The van der Waals surface area contributed by atoms with Crippen LogP contribution >= 0.6 is 0 Å². The molecule has 2 aromatic heterocycles. The van der Waals surface area contributed by atoms with Crippen molar-refractivity contribution in [3.8, 4) is 11.4 Å². The molecule has 0 spiro atoms. The number of hydrogen-bond donors (Lipinski definition) is 0. The molecule has 1 aliphatic heterocycles. The van der Waals surface area contributed by atoms with Gasteiger partial charge in [-0.25, -0.2) is 4.98 Å². The van der Waals surface area contributed by atoms with Crippen molar-refractivity contribution in [1.82, 2.24) is 19.7 Å². The lowest BCUT2D eigenvalue weighted by molar-refractivity contribution is -0.117. The summed E-state index contributed by atoms with van der Waals surface area (Å²) in [5.74, 6) is 1.00. The number of para-hydroxylation sites is 1. The Balaban J connectivity index is 1.38. The van der Waals surface area contributed by atoms with Crippen molar-refractivity contribution < 1.29 is 9.32 Å². The molecule has 1 fully saturated rings. The van der Waals surface area contributed by atoms with E-state index in [4.69, 9.17) is 4.52 Å². The molecule has 5 rings (SSSR count). The van der Waals surface area contributed by atoms with Crippen LogP contribution in [0.3, 0.4) is 0 Å². The summed E-state index contributed by atoms with van der Waals surface area (Å²) in [6, 6.07) is 15.7. The first kappa shape index (κ1) is 17.6. The topological polar surface area (TPSA) is 77.0 Å². The zero-order chi connectivity index (χ0) is 19.8. The molecule has 3 heterocycles. The maximum Gasteiger partial charge on any atom is 0.232 e. The Labute approximate surface area is 168 Å². The number of imidazole rings is 1. The van der Waals surface area contributed by atoms with Crippen molar-refractivity contribution in [1.29, 1.82) is 0 Å². The van der Waals surface area contributed by atoms with Crippen LogP contribution in [0.1, 0.15) is 31.6 Å². The van der Waals surface area contributed by atoms with Gasteiger partial charge in [-0.2, -0.15) is 4.98 Å². The smallest absolute Gasteiger partial charge is 0.232 e. The normalized spacial score (nSPS) is 16.8. The van der Waals surface area contributed by atoms with Gasteiger partial charge in [0.15, 0.2) is 0 Å². The highest BCUT2D eigenvalue weighted by Crippen LogP contribution is 2.32. The van der Waals surface area contributed by atoms with Crippen LogP contribution in [0.5, 0.6) is 0 Å². The highest BCUT2D eigenvalue weighted by molar-refractivity contribution is 5.96. The second kappa shape index (κ2) is 7.16. The molecule has 0 aliphatic carbocycles. The molecular formula is C22H21N5O2. The van der Waals surface area contributed by atoms with Gasteiger partial charge >= 0.3 is 0 Å². The van der Waals surface area contributed by atoms with Crippen LogP contribution in [0, 0.1) is 0 Å². The zero-order valence-electron chi connectivity index (χ0n) is 16.2. The van der Waals surface area contributed by atoms with Crippen molar-refractivity contribution in [3.05, 3.63) is 60.7 Å². The quantitative estimate of drug-likeness (QED) is 0.517. The van der Waals surface area contributed by atoms with E-state index in [1.54, 1.807) is 4.90 Å². The van der Waals surface area contributed by atoms with Gasteiger partial charge in [-0.3, -0.25) is 4.79 Å². The molecule has 0 saturated carbocycles. The monoisotopic (exact) mass is 387 g/mol. The first-order chi connectivity index (χ1) is 14.2. The van der Waals surface area contributed by atoms with Crippen LogP contribution in [0.15, 0.2) is 59.4 Å². The van der Waals surface area contributed by atoms with Gasteiger partial charge in [0.2, 0.25) is 17.6 Å². The molecule has 2 aromatic carbocycles. The molecule has 4 aromatic rings. The van der Waals surface area contributed by atoms with Crippen molar-refractivity contribution in [3.63, 3.8) is 0 Å². The molecule has 29 heavy (non-hydrogen) atoms. The summed E-state index contributed by atoms with van der Waals surface area (Å²) in [6.07, 6.45) is 3.29. The lowest BCUT2D eigenvalue weighted by Crippen LogP contribution is -2.24. The van der Waals surface area contributed by atoms with Gasteiger partial charge in [0.1, 0.15) is 0 Å². The first-order valence-electron chi connectivity index (χ1n) is 9.87. The van der Waals surface area contributed by atoms with Crippen LogP contribution in [0.4, 0.5) is 5.69 Å². The Morgan fingerprint density at radius 3 is 2.86 bits per heavy atom. The Kier molecular flexibility index (Phi) is 4.35. The minimum absolute atomic E-state index is 0.0730. The maximum absolute atomic E-state index is 12.5. The number of nitrogens with zero attached hydrogens (tertiary/aromatic N) is 5. The summed E-state index contributed by atoms with van der Waals surface area (Å²) < 4.78 is 7.67. The summed E-state index contributed by atoms with van der Waals surface area (Å²) in [7, 11) is 0. The van der Waals surface area contributed by atoms with Crippen LogP contribution in [0.25, 0.3) is 22.4 Å². The average Bonchev–Trinajstić information content (AvgIpc) is 3.47. The van der Waals surface area contributed by atoms with Gasteiger partial charge in [-0.1, -0.05) is 30.3 Å². The number of aromatic nitrogens is 4. The van der Waals surface area contributed by atoms with Crippen molar-refractivity contribution in [2.45, 2.75) is 32.2 Å². The van der Waals surface area contributed by atoms with E-state index < -0.39 is 0 Å². The first-order valence-corrected chi connectivity index (χ1v) is 9.87. The third kappa shape index (κ3) is 3.18. The Hall–Kier alpha value is -3.48. The number of rotatable bonds is 5. The molecule has 1 atom stereocenters. The molecular weight excluding hydrogens is 366 g/mol. The van der Waals surface area contributed by atoms with Gasteiger partial charge in [0.25, 0.3) is 0 Å². The fourth-order valence-electron chi connectivity index (χ4n) is 3.87. The molecule has 1 aliphatic rings. The fourth-order valence-corrected chi connectivity index (χ4v) is 3.87. The van der Waals surface area contributed by atoms with E-state index in [0.717, 1.165) is 35.2 Å². The third-order valence-electron chi connectivity index (χ3n) is 5.33. The van der Waals surface area contributed by atoms with Gasteiger partial charge in [-0.15, -0.1) is 0 Å². The van der Waals surface area contributed by atoms with E-state index in [1.807, 2.05) is 54.9 Å². The Morgan fingerprint density at radius 2 is 2.03 bits per heavy atom. The predicted molar refractivity (Wildman–Crippen MR) is 109 cm³/mol. The number of benzene rings is 2. The molecule has 1 amide bonds. The van der Waals surface area contributed by atoms with Crippen LogP contribution in [0.2, 0.25) is 0 Å². The molecule has 0 N–H and O–H groups in total. The van der Waals surface area contributed by atoms with Crippen molar-refractivity contribution in [2.75, 3.05) is 11.4 Å². The number of carbonyl (C=O) groups excluding carboxylic acids is 1. The van der Waals surface area contributed by atoms with Crippen molar-refractivity contribution in [2.24, 2.45) is 0 Å². The lowest BCUT2D eigenvalue weighted by atomic mass is 10.1. The molecule has 146 valence electrons. The number of fused-ring (bicyclic) bond motifs is 1. The largest absolute Gasteiger partial charge is 0.339 e. The average molecular weight is 387 g/mol. The molecule has 0 bridgehead atoms. The highest BCUT2D eigenvalue weighted by atomic mass is 16.5. The van der Waals surface area contributed by atoms with Gasteiger partial charge in [0.05, 0.1) is 23.3 Å². The van der Waals surface area contributed by atoms with Gasteiger partial charge in [-0.05, 0) is 36.8 Å². The summed E-state index contributed by atoms with van der Waals surface area (Å²) >= 11 is 0. The van der Waals surface area contributed by atoms with E-state index in [1.165, 1.54) is 0 Å². The Bertz CT molecular complexity index is 1160. The second-order valence-corrected chi connectivity index (χ2v) is 7.34. The van der Waals surface area contributed by atoms with E-state index >= 15 is 0 Å². The lowest BCUT2D eigenvalue weighted by Gasteiger charge is -2.15. The minimum atomic E-state index is -0.101. The number of carbonyl (C=O) groups is 1. The minimum Gasteiger partial charge on any atom is -0.339 e. The zero-order valence-corrected chi connectivity index (χ0v) is 16.2. The highest BCUT2D eigenvalue weighted by Gasteiger charge is 2.35. The van der Waals surface area contributed by atoms with Crippen LogP contribution in [-0.2, 0) is 11.3 Å². The van der Waals surface area contributed by atoms with E-state index in [-0.39, 0.29) is 11.8 Å². The van der Waals surface area contributed by atoms with E-state index in [9.17, 15) is 4.79 Å². The molecule has 1 saturated heterocycles. The van der Waals surface area contributed by atoms with Crippen molar-refractivity contribution >= 4 is 22.6 Å². The predicted octanol–water partition coefficient (Wildman–Crippen LogP) is 4.02. The third-order valence-corrected chi connectivity index (χ3v) is 5.33. The molecule has 0 radical (unpaired) electrons.